The first-order chi connectivity index (χ1) is 15.5. The molecule has 1 amide bonds. The van der Waals surface area contributed by atoms with Crippen LogP contribution in [0, 0.1) is 13.8 Å². The Kier molecular flexibility index (Phi) is 7.86. The minimum Gasteiger partial charge on any atom is -0.497 e. The summed E-state index contributed by atoms with van der Waals surface area (Å²) in [4.78, 5) is 25.5. The number of hydrogen-bond donors (Lipinski definition) is 1. The van der Waals surface area contributed by atoms with Gasteiger partial charge in [0.05, 0.1) is 20.1 Å². The second-order valence-electron chi connectivity index (χ2n) is 7.36. The van der Waals surface area contributed by atoms with Gasteiger partial charge in [-0.3, -0.25) is 9.59 Å². The Bertz CT molecular complexity index is 1050. The molecule has 3 aromatic carbocycles. The third kappa shape index (κ3) is 6.35. The number of carbonyl (C=O) groups excluding carboxylic acids is 2. The van der Waals surface area contributed by atoms with Crippen LogP contribution in [0.2, 0.25) is 0 Å². The van der Waals surface area contributed by atoms with Gasteiger partial charge in [-0.1, -0.05) is 42.5 Å². The van der Waals surface area contributed by atoms with E-state index in [-0.39, 0.29) is 13.0 Å². The molecule has 0 saturated heterocycles. The molecule has 0 fully saturated rings. The number of aryl methyl sites for hydroxylation is 2. The molecule has 0 spiro atoms. The average molecular weight is 434 g/mol. The van der Waals surface area contributed by atoms with Crippen LogP contribution in [0.3, 0.4) is 0 Å². The lowest BCUT2D eigenvalue weighted by molar-refractivity contribution is -0.155. The number of nitrogens with one attached hydrogen (secondary N) is 1. The Hall–Kier alpha value is -3.80. The zero-order chi connectivity index (χ0) is 22.9. The van der Waals surface area contributed by atoms with Crippen LogP contribution in [-0.2, 0) is 14.3 Å². The predicted octanol–water partition coefficient (Wildman–Crippen LogP) is 5.00. The van der Waals surface area contributed by atoms with E-state index in [4.69, 9.17) is 14.2 Å². The molecule has 1 N–H and O–H groups in total. The fraction of sp³-hybridized carbons (Fsp3) is 0.231. The summed E-state index contributed by atoms with van der Waals surface area (Å²) >= 11 is 0. The maximum atomic E-state index is 13.0. The van der Waals surface area contributed by atoms with E-state index in [0.717, 1.165) is 16.9 Å². The van der Waals surface area contributed by atoms with Crippen molar-refractivity contribution in [3.05, 3.63) is 89.5 Å². The summed E-state index contributed by atoms with van der Waals surface area (Å²) in [6.45, 7) is 3.99. The molecule has 0 radical (unpaired) electrons. The summed E-state index contributed by atoms with van der Waals surface area (Å²) in [5, 5.41) is 2.89. The minimum absolute atomic E-state index is 0.00607. The molecular formula is C26H27NO5. The number of ether oxygens (including phenoxy) is 3. The van der Waals surface area contributed by atoms with Gasteiger partial charge < -0.3 is 19.5 Å². The predicted molar refractivity (Wildman–Crippen MR) is 123 cm³/mol. The quantitative estimate of drug-likeness (QED) is 0.481. The number of benzene rings is 3. The van der Waals surface area contributed by atoms with Crippen LogP contribution in [0.25, 0.3) is 0 Å². The average Bonchev–Trinajstić information content (AvgIpc) is 2.81. The lowest BCUT2D eigenvalue weighted by Crippen LogP contribution is -2.26. The molecule has 3 rings (SSSR count). The number of rotatable bonds is 9. The van der Waals surface area contributed by atoms with E-state index in [0.29, 0.717) is 17.0 Å². The van der Waals surface area contributed by atoms with E-state index in [1.54, 1.807) is 55.6 Å². The first-order valence-corrected chi connectivity index (χ1v) is 10.4. The number of amides is 1. The highest BCUT2D eigenvalue weighted by molar-refractivity contribution is 5.96. The number of carbonyl (C=O) groups is 2. The normalized spacial score (nSPS) is 11.3. The smallest absolute Gasteiger partial charge is 0.310 e. The van der Waals surface area contributed by atoms with Crippen molar-refractivity contribution < 1.29 is 23.8 Å². The number of hydrogen-bond acceptors (Lipinski definition) is 5. The van der Waals surface area contributed by atoms with Gasteiger partial charge in [-0.2, -0.15) is 0 Å². The third-order valence-corrected chi connectivity index (χ3v) is 4.88. The molecule has 166 valence electrons. The van der Waals surface area contributed by atoms with E-state index < -0.39 is 18.0 Å². The Balaban J connectivity index is 1.64. The Morgan fingerprint density at radius 1 is 0.906 bits per heavy atom. The second-order valence-corrected chi connectivity index (χ2v) is 7.36. The molecule has 1 atom stereocenters. The highest BCUT2D eigenvalue weighted by Gasteiger charge is 2.25. The van der Waals surface area contributed by atoms with E-state index in [2.05, 4.69) is 5.32 Å². The van der Waals surface area contributed by atoms with Crippen molar-refractivity contribution in [2.45, 2.75) is 26.4 Å². The molecule has 3 aromatic rings. The summed E-state index contributed by atoms with van der Waals surface area (Å²) in [5.74, 6) is 0.404. The summed E-state index contributed by atoms with van der Waals surface area (Å²) in [7, 11) is 1.59. The van der Waals surface area contributed by atoms with Crippen LogP contribution in [0.4, 0.5) is 5.69 Å². The molecule has 0 aromatic heterocycles. The van der Waals surface area contributed by atoms with Gasteiger partial charge in [-0.15, -0.1) is 0 Å². The van der Waals surface area contributed by atoms with Crippen LogP contribution in [0.1, 0.15) is 29.2 Å². The number of esters is 1. The first-order valence-electron chi connectivity index (χ1n) is 10.4. The lowest BCUT2D eigenvalue weighted by Gasteiger charge is -2.19. The van der Waals surface area contributed by atoms with Crippen molar-refractivity contribution in [1.82, 2.24) is 0 Å². The van der Waals surface area contributed by atoms with Crippen molar-refractivity contribution in [3.63, 3.8) is 0 Å². The molecule has 32 heavy (non-hydrogen) atoms. The number of anilines is 1. The van der Waals surface area contributed by atoms with Crippen molar-refractivity contribution in [3.8, 4) is 11.5 Å². The molecule has 0 aliphatic rings. The third-order valence-electron chi connectivity index (χ3n) is 4.88. The van der Waals surface area contributed by atoms with Gasteiger partial charge in [0.15, 0.2) is 0 Å². The van der Waals surface area contributed by atoms with Crippen molar-refractivity contribution >= 4 is 17.6 Å². The minimum atomic E-state index is -1.07. The van der Waals surface area contributed by atoms with Crippen LogP contribution >= 0.6 is 0 Å². The summed E-state index contributed by atoms with van der Waals surface area (Å²) in [5.41, 5.74) is 3.24. The van der Waals surface area contributed by atoms with Crippen LogP contribution < -0.4 is 14.8 Å². The van der Waals surface area contributed by atoms with E-state index in [1.165, 1.54) is 0 Å². The number of methoxy groups -OCH3 is 1. The van der Waals surface area contributed by atoms with Crippen molar-refractivity contribution in [2.75, 3.05) is 19.0 Å². The fourth-order valence-electron chi connectivity index (χ4n) is 3.08. The van der Waals surface area contributed by atoms with Gasteiger partial charge in [0.25, 0.3) is 5.91 Å². The SMILES string of the molecule is COc1ccc(OCCC(=O)O[C@@H](C(=O)Nc2cc(C)ccc2C)c2ccccc2)cc1. The maximum Gasteiger partial charge on any atom is 0.310 e. The molecule has 0 bridgehead atoms. The highest BCUT2D eigenvalue weighted by Crippen LogP contribution is 2.23. The van der Waals surface area contributed by atoms with Gasteiger partial charge in [-0.25, -0.2) is 0 Å². The Morgan fingerprint density at radius 3 is 2.28 bits per heavy atom. The molecule has 6 nitrogen and oxygen atoms in total. The highest BCUT2D eigenvalue weighted by atomic mass is 16.6. The van der Waals surface area contributed by atoms with Crippen LogP contribution in [0.15, 0.2) is 72.8 Å². The molecule has 6 heteroatoms. The van der Waals surface area contributed by atoms with Crippen LogP contribution in [-0.4, -0.2) is 25.6 Å². The molecule has 0 heterocycles. The van der Waals surface area contributed by atoms with Crippen molar-refractivity contribution in [2.24, 2.45) is 0 Å². The van der Waals surface area contributed by atoms with Crippen LogP contribution in [0.5, 0.6) is 11.5 Å². The Morgan fingerprint density at radius 2 is 1.59 bits per heavy atom. The Labute approximate surface area is 188 Å². The monoisotopic (exact) mass is 433 g/mol. The van der Waals surface area contributed by atoms with Gasteiger partial charge in [0.2, 0.25) is 6.10 Å². The summed E-state index contributed by atoms with van der Waals surface area (Å²) < 4.78 is 16.3. The first kappa shape index (κ1) is 22.9. The topological polar surface area (TPSA) is 73.9 Å². The standard InChI is InChI=1S/C26H27NO5/c1-18-9-10-19(2)23(17-18)27-26(29)25(20-7-5-4-6-8-20)32-24(28)15-16-31-22-13-11-21(30-3)12-14-22/h4-14,17,25H,15-16H2,1-3H3,(H,27,29)/t25-/m1/s1. The zero-order valence-corrected chi connectivity index (χ0v) is 18.5. The van der Waals surface area contributed by atoms with Gasteiger partial charge in [0, 0.05) is 11.3 Å². The van der Waals surface area contributed by atoms with E-state index in [9.17, 15) is 9.59 Å². The largest absolute Gasteiger partial charge is 0.497 e. The summed E-state index contributed by atoms with van der Waals surface area (Å²) in [6, 6.07) is 21.8. The molecule has 0 aliphatic carbocycles. The maximum absolute atomic E-state index is 13.0. The second kappa shape index (κ2) is 11.0. The van der Waals surface area contributed by atoms with Gasteiger partial charge >= 0.3 is 5.97 Å². The molecule has 0 unspecified atom stereocenters. The van der Waals surface area contributed by atoms with Gasteiger partial charge in [0.1, 0.15) is 11.5 Å². The van der Waals surface area contributed by atoms with E-state index in [1.807, 2.05) is 38.1 Å². The lowest BCUT2D eigenvalue weighted by atomic mass is 10.1. The fourth-order valence-corrected chi connectivity index (χ4v) is 3.08. The van der Waals surface area contributed by atoms with Gasteiger partial charge in [-0.05, 0) is 55.3 Å². The summed E-state index contributed by atoms with van der Waals surface area (Å²) in [6.07, 6.45) is -1.06. The molecular weight excluding hydrogens is 406 g/mol. The van der Waals surface area contributed by atoms with Crippen molar-refractivity contribution in [1.29, 1.82) is 0 Å². The zero-order valence-electron chi connectivity index (χ0n) is 18.5. The molecule has 0 saturated carbocycles. The van der Waals surface area contributed by atoms with E-state index >= 15 is 0 Å². The molecule has 0 aliphatic heterocycles.